The van der Waals surface area contributed by atoms with E-state index in [1.54, 1.807) is 7.11 Å². The van der Waals surface area contributed by atoms with Crippen LogP contribution in [0, 0.1) is 0 Å². The molecule has 3 heteroatoms. The van der Waals surface area contributed by atoms with Crippen molar-refractivity contribution in [2.45, 2.75) is 6.92 Å². The molecule has 11 heavy (non-hydrogen) atoms. The summed E-state index contributed by atoms with van der Waals surface area (Å²) in [7, 11) is 1.60. The molecule has 0 N–H and O–H groups in total. The molecule has 0 aromatic carbocycles. The number of thiocarbonyl (C=S) groups is 1. The van der Waals surface area contributed by atoms with Gasteiger partial charge in [0, 0.05) is 5.57 Å². The lowest BCUT2D eigenvalue weighted by molar-refractivity contribution is 0.299. The topological polar surface area (TPSA) is 21.6 Å². The molecule has 0 spiro atoms. The van der Waals surface area contributed by atoms with Gasteiger partial charge in [-0.3, -0.25) is 0 Å². The number of rotatable bonds is 4. The average Bonchev–Trinajstić information content (AvgIpc) is 2.03. The summed E-state index contributed by atoms with van der Waals surface area (Å²) in [5.41, 5.74) is 0.812. The van der Waals surface area contributed by atoms with E-state index in [4.69, 9.17) is 4.74 Å². The maximum atomic E-state index is 5.00. The number of nitrogens with zero attached hydrogens (tertiary/aromatic N) is 1. The molecule has 0 radical (unpaired) electrons. The smallest absolute Gasteiger partial charge is 0.119 e. The number of allylic oxidation sites excluding steroid dienone is 1. The lowest BCUT2D eigenvalue weighted by atomic mass is 10.2. The van der Waals surface area contributed by atoms with Gasteiger partial charge >= 0.3 is 0 Å². The normalized spacial score (nSPS) is 10.2. The average molecular weight is 169 g/mol. The molecule has 0 rings (SSSR count). The first-order valence-corrected chi connectivity index (χ1v) is 3.59. The maximum Gasteiger partial charge on any atom is 0.119 e. The third-order valence-corrected chi connectivity index (χ3v) is 1.29. The Bertz CT molecular complexity index is 214. The van der Waals surface area contributed by atoms with Gasteiger partial charge in [0.2, 0.25) is 0 Å². The Hall–Kier alpha value is -0.920. The molecule has 0 atom stereocenters. The number of hydrogen-bond donors (Lipinski definition) is 0. The maximum absolute atomic E-state index is 5.00. The van der Waals surface area contributed by atoms with Crippen LogP contribution in [0.1, 0.15) is 6.92 Å². The molecule has 0 fully saturated rings. The van der Waals surface area contributed by atoms with E-state index in [1.807, 2.05) is 13.0 Å². The van der Waals surface area contributed by atoms with Crippen LogP contribution in [-0.4, -0.2) is 18.8 Å². The fraction of sp³-hybridized carbons (Fsp3) is 0.375. The number of hydrogen-bond acceptors (Lipinski definition) is 3. The largest absolute Gasteiger partial charge is 0.497 e. The van der Waals surface area contributed by atoms with Crippen LogP contribution >= 0.6 is 12.2 Å². The van der Waals surface area contributed by atoms with Gasteiger partial charge in [0.05, 0.1) is 18.8 Å². The molecule has 0 aliphatic rings. The summed E-state index contributed by atoms with van der Waals surface area (Å²) in [4.78, 5) is 3.73. The molecule has 0 aromatic heterocycles. The minimum atomic E-state index is 0.455. The fourth-order valence-electron chi connectivity index (χ4n) is 0.672. The first-order valence-electron chi connectivity index (χ1n) is 3.18. The summed E-state index contributed by atoms with van der Waals surface area (Å²) in [6.45, 7) is 6.10. The quantitative estimate of drug-likeness (QED) is 0.278. The highest BCUT2D eigenvalue weighted by atomic mass is 32.1. The molecule has 0 aliphatic heterocycles. The predicted molar refractivity (Wildman–Crippen MR) is 49.8 cm³/mol. The summed E-state index contributed by atoms with van der Waals surface area (Å²) in [5.74, 6) is 0.749. The Morgan fingerprint density at radius 1 is 1.82 bits per heavy atom. The molecule has 0 unspecified atom stereocenters. The zero-order valence-corrected chi connectivity index (χ0v) is 7.57. The lowest BCUT2D eigenvalue weighted by Gasteiger charge is -2.04. The van der Waals surface area contributed by atoms with Crippen LogP contribution in [0.3, 0.4) is 0 Å². The van der Waals surface area contributed by atoms with Crippen LogP contribution in [0.25, 0.3) is 0 Å². The van der Waals surface area contributed by atoms with E-state index in [0.29, 0.717) is 6.54 Å². The van der Waals surface area contributed by atoms with Crippen LogP contribution < -0.4 is 0 Å². The Morgan fingerprint density at radius 3 is 2.82 bits per heavy atom. The van der Waals surface area contributed by atoms with Crippen LogP contribution in [0.4, 0.5) is 0 Å². The van der Waals surface area contributed by atoms with Gasteiger partial charge in [-0.25, -0.2) is 4.99 Å². The van der Waals surface area contributed by atoms with E-state index in [-0.39, 0.29) is 0 Å². The zero-order valence-electron chi connectivity index (χ0n) is 6.76. The van der Waals surface area contributed by atoms with Gasteiger partial charge in [0.25, 0.3) is 0 Å². The van der Waals surface area contributed by atoms with E-state index in [2.05, 4.69) is 29.0 Å². The number of ether oxygens (including phenoxy) is 1. The summed E-state index contributed by atoms with van der Waals surface area (Å²) in [6, 6.07) is 0. The van der Waals surface area contributed by atoms with Crippen molar-refractivity contribution in [2.75, 3.05) is 13.7 Å². The van der Waals surface area contributed by atoms with Crippen molar-refractivity contribution in [3.63, 3.8) is 0 Å². The molecule has 0 aromatic rings. The summed E-state index contributed by atoms with van der Waals surface area (Å²) in [6.07, 6.45) is 1.83. The Kier molecular flexibility index (Phi) is 5.35. The third kappa shape index (κ3) is 3.71. The number of isothiocyanates is 1. The molecule has 2 nitrogen and oxygen atoms in total. The summed E-state index contributed by atoms with van der Waals surface area (Å²) < 4.78 is 5.00. The molecule has 60 valence electrons. The molecule has 0 amide bonds. The van der Waals surface area contributed by atoms with Gasteiger partial charge in [-0.05, 0) is 25.2 Å². The van der Waals surface area contributed by atoms with Crippen molar-refractivity contribution in [2.24, 2.45) is 4.99 Å². The van der Waals surface area contributed by atoms with E-state index in [0.717, 1.165) is 11.3 Å². The SMILES string of the molecule is C=C(CN=C=S)/C(=C\C)OC. The van der Waals surface area contributed by atoms with E-state index < -0.39 is 0 Å². The minimum Gasteiger partial charge on any atom is -0.497 e. The van der Waals surface area contributed by atoms with Crippen molar-refractivity contribution in [1.29, 1.82) is 0 Å². The van der Waals surface area contributed by atoms with Gasteiger partial charge in [-0.2, -0.15) is 0 Å². The van der Waals surface area contributed by atoms with Crippen LogP contribution in [0.5, 0.6) is 0 Å². The van der Waals surface area contributed by atoms with E-state index >= 15 is 0 Å². The molecular formula is C8H11NOS. The fourth-order valence-corrected chi connectivity index (χ4v) is 0.736. The molecular weight excluding hydrogens is 158 g/mol. The van der Waals surface area contributed by atoms with Crippen LogP contribution in [-0.2, 0) is 4.74 Å². The highest BCUT2D eigenvalue weighted by Gasteiger charge is 1.98. The first-order chi connectivity index (χ1) is 5.26. The number of methoxy groups -OCH3 is 1. The van der Waals surface area contributed by atoms with Gasteiger partial charge in [-0.15, -0.1) is 0 Å². The van der Waals surface area contributed by atoms with Crippen molar-refractivity contribution in [3.8, 4) is 0 Å². The van der Waals surface area contributed by atoms with Crippen LogP contribution in [0.2, 0.25) is 0 Å². The summed E-state index contributed by atoms with van der Waals surface area (Å²) >= 11 is 4.41. The van der Waals surface area contributed by atoms with Crippen molar-refractivity contribution < 1.29 is 4.74 Å². The second-order valence-electron chi connectivity index (χ2n) is 1.87. The predicted octanol–water partition coefficient (Wildman–Crippen LogP) is 2.20. The van der Waals surface area contributed by atoms with Crippen molar-refractivity contribution in [1.82, 2.24) is 0 Å². The standard InChI is InChI=1S/C8H11NOS/c1-4-8(10-3)7(2)5-9-6-11/h4H,2,5H2,1,3H3/b8-4+. The number of aliphatic imine (C=N–C) groups is 1. The molecule has 0 bridgehead atoms. The second-order valence-corrected chi connectivity index (χ2v) is 2.05. The van der Waals surface area contributed by atoms with Crippen molar-refractivity contribution >= 4 is 17.4 Å². The highest BCUT2D eigenvalue weighted by Crippen LogP contribution is 2.07. The lowest BCUT2D eigenvalue weighted by Crippen LogP contribution is -1.93. The third-order valence-electron chi connectivity index (χ3n) is 1.17. The Labute approximate surface area is 72.3 Å². The second kappa shape index (κ2) is 5.83. The van der Waals surface area contributed by atoms with E-state index in [1.165, 1.54) is 0 Å². The van der Waals surface area contributed by atoms with Crippen molar-refractivity contribution in [3.05, 3.63) is 24.0 Å². The van der Waals surface area contributed by atoms with Gasteiger partial charge < -0.3 is 4.74 Å². The highest BCUT2D eigenvalue weighted by molar-refractivity contribution is 7.78. The monoisotopic (exact) mass is 169 g/mol. The van der Waals surface area contributed by atoms with Gasteiger partial charge in [-0.1, -0.05) is 6.58 Å². The van der Waals surface area contributed by atoms with Gasteiger partial charge in [0.15, 0.2) is 0 Å². The minimum absolute atomic E-state index is 0.455. The molecule has 0 saturated carbocycles. The van der Waals surface area contributed by atoms with Crippen LogP contribution in [0.15, 0.2) is 29.0 Å². The Morgan fingerprint density at radius 2 is 2.45 bits per heavy atom. The van der Waals surface area contributed by atoms with Gasteiger partial charge in [0.1, 0.15) is 5.76 Å². The zero-order chi connectivity index (χ0) is 8.69. The molecule has 0 heterocycles. The first kappa shape index (κ1) is 10.1. The molecule has 0 saturated heterocycles. The van der Waals surface area contributed by atoms with E-state index in [9.17, 15) is 0 Å². The molecule has 0 aliphatic carbocycles. The Balaban J connectivity index is 4.11. The summed E-state index contributed by atoms with van der Waals surface area (Å²) in [5, 5.41) is 2.27.